The molecular formula is C18H27N3. The predicted octanol–water partition coefficient (Wildman–Crippen LogP) is 4.11. The second-order valence-corrected chi connectivity index (χ2v) is 6.93. The average molecular weight is 285 g/mol. The summed E-state index contributed by atoms with van der Waals surface area (Å²) in [6, 6.07) is 6.97. The molecule has 1 heterocycles. The van der Waals surface area contributed by atoms with Crippen LogP contribution in [0.1, 0.15) is 56.0 Å². The third-order valence-electron chi connectivity index (χ3n) is 3.84. The summed E-state index contributed by atoms with van der Waals surface area (Å²) in [4.78, 5) is 0. The molecule has 21 heavy (non-hydrogen) atoms. The third kappa shape index (κ3) is 3.94. The Hall–Kier alpha value is -1.61. The zero-order valence-corrected chi connectivity index (χ0v) is 14.1. The maximum Gasteiger partial charge on any atom is 0.0543 e. The Bertz CT molecular complexity index is 605. The molecular weight excluding hydrogens is 258 g/mol. The highest BCUT2D eigenvalue weighted by molar-refractivity contribution is 5.32. The van der Waals surface area contributed by atoms with Crippen molar-refractivity contribution in [2.45, 2.75) is 59.7 Å². The number of benzene rings is 1. The summed E-state index contributed by atoms with van der Waals surface area (Å²) in [5.41, 5.74) is 5.29. The van der Waals surface area contributed by atoms with Gasteiger partial charge in [-0.1, -0.05) is 23.8 Å². The molecule has 1 aromatic carbocycles. The van der Waals surface area contributed by atoms with E-state index in [1.54, 1.807) is 0 Å². The van der Waals surface area contributed by atoms with E-state index in [4.69, 9.17) is 0 Å². The van der Waals surface area contributed by atoms with E-state index < -0.39 is 0 Å². The van der Waals surface area contributed by atoms with Crippen LogP contribution in [0, 0.1) is 13.8 Å². The fourth-order valence-electron chi connectivity index (χ4n) is 2.43. The zero-order chi connectivity index (χ0) is 15.6. The summed E-state index contributed by atoms with van der Waals surface area (Å²) in [6.45, 7) is 13.9. The summed E-state index contributed by atoms with van der Waals surface area (Å²) >= 11 is 0. The molecule has 2 aromatic rings. The van der Waals surface area contributed by atoms with Crippen LogP contribution in [0.2, 0.25) is 0 Å². The van der Waals surface area contributed by atoms with Crippen molar-refractivity contribution in [3.63, 3.8) is 0 Å². The largest absolute Gasteiger partial charge is 0.306 e. The van der Waals surface area contributed by atoms with Crippen LogP contribution in [0.5, 0.6) is 0 Å². The first kappa shape index (κ1) is 15.8. The van der Waals surface area contributed by atoms with Crippen LogP contribution in [-0.4, -0.2) is 9.78 Å². The lowest BCUT2D eigenvalue weighted by atomic mass is 10.00. The standard InChI is InChI=1S/C18H27N3/c1-13-7-8-14(2)17(9-13)15(3)19-10-16-11-20-21(12-16)18(4,5)6/h7-9,11-12,15,19H,10H2,1-6H3. The van der Waals surface area contributed by atoms with Gasteiger partial charge < -0.3 is 5.32 Å². The minimum atomic E-state index is 0.0387. The summed E-state index contributed by atoms with van der Waals surface area (Å²) in [5.74, 6) is 0. The second-order valence-electron chi connectivity index (χ2n) is 6.93. The van der Waals surface area contributed by atoms with Gasteiger partial charge in [0, 0.05) is 24.3 Å². The van der Waals surface area contributed by atoms with Gasteiger partial charge in [-0.05, 0) is 52.7 Å². The van der Waals surface area contributed by atoms with Crippen molar-refractivity contribution in [1.82, 2.24) is 15.1 Å². The van der Waals surface area contributed by atoms with Crippen LogP contribution in [0.15, 0.2) is 30.6 Å². The number of hydrogen-bond acceptors (Lipinski definition) is 2. The van der Waals surface area contributed by atoms with Gasteiger partial charge in [0.1, 0.15) is 0 Å². The molecule has 3 heteroatoms. The van der Waals surface area contributed by atoms with Crippen LogP contribution in [0.25, 0.3) is 0 Å². The highest BCUT2D eigenvalue weighted by Crippen LogP contribution is 2.19. The van der Waals surface area contributed by atoms with Crippen molar-refractivity contribution in [3.8, 4) is 0 Å². The molecule has 0 saturated carbocycles. The van der Waals surface area contributed by atoms with Gasteiger partial charge in [0.25, 0.3) is 0 Å². The summed E-state index contributed by atoms with van der Waals surface area (Å²) in [6.07, 6.45) is 4.08. The van der Waals surface area contributed by atoms with Gasteiger partial charge in [-0.15, -0.1) is 0 Å². The van der Waals surface area contributed by atoms with Crippen molar-refractivity contribution in [3.05, 3.63) is 52.8 Å². The Morgan fingerprint density at radius 2 is 1.95 bits per heavy atom. The van der Waals surface area contributed by atoms with Crippen LogP contribution in [0.3, 0.4) is 0 Å². The van der Waals surface area contributed by atoms with Gasteiger partial charge >= 0.3 is 0 Å². The van der Waals surface area contributed by atoms with Gasteiger partial charge in [-0.25, -0.2) is 0 Å². The first-order valence-corrected chi connectivity index (χ1v) is 7.62. The lowest BCUT2D eigenvalue weighted by molar-refractivity contribution is 0.355. The average Bonchev–Trinajstić information content (AvgIpc) is 2.87. The van der Waals surface area contributed by atoms with E-state index >= 15 is 0 Å². The van der Waals surface area contributed by atoms with Gasteiger partial charge in [-0.2, -0.15) is 5.10 Å². The quantitative estimate of drug-likeness (QED) is 0.916. The van der Waals surface area contributed by atoms with E-state index in [0.717, 1.165) is 6.54 Å². The summed E-state index contributed by atoms with van der Waals surface area (Å²) in [7, 11) is 0. The van der Waals surface area contributed by atoms with E-state index in [9.17, 15) is 0 Å². The Morgan fingerprint density at radius 3 is 2.57 bits per heavy atom. The molecule has 0 aliphatic carbocycles. The molecule has 3 nitrogen and oxygen atoms in total. The van der Waals surface area contributed by atoms with Gasteiger partial charge in [0.15, 0.2) is 0 Å². The molecule has 0 radical (unpaired) electrons. The fraction of sp³-hybridized carbons (Fsp3) is 0.500. The van der Waals surface area contributed by atoms with Crippen LogP contribution < -0.4 is 5.32 Å². The number of rotatable bonds is 4. The number of nitrogens with zero attached hydrogens (tertiary/aromatic N) is 2. The molecule has 1 atom stereocenters. The molecule has 0 saturated heterocycles. The Morgan fingerprint density at radius 1 is 1.24 bits per heavy atom. The zero-order valence-electron chi connectivity index (χ0n) is 14.1. The van der Waals surface area contributed by atoms with Crippen LogP contribution >= 0.6 is 0 Å². The van der Waals surface area contributed by atoms with E-state index in [2.05, 4.69) is 76.4 Å². The number of nitrogens with one attached hydrogen (secondary N) is 1. The molecule has 1 unspecified atom stereocenters. The van der Waals surface area contributed by atoms with E-state index in [1.807, 2.05) is 10.9 Å². The minimum Gasteiger partial charge on any atom is -0.306 e. The van der Waals surface area contributed by atoms with Crippen molar-refractivity contribution in [2.24, 2.45) is 0 Å². The molecule has 0 amide bonds. The van der Waals surface area contributed by atoms with Gasteiger partial charge in [-0.3, -0.25) is 4.68 Å². The molecule has 1 aromatic heterocycles. The number of aromatic nitrogens is 2. The van der Waals surface area contributed by atoms with E-state index in [-0.39, 0.29) is 5.54 Å². The van der Waals surface area contributed by atoms with Gasteiger partial charge in [0.2, 0.25) is 0 Å². The highest BCUT2D eigenvalue weighted by Gasteiger charge is 2.14. The van der Waals surface area contributed by atoms with Crippen molar-refractivity contribution in [1.29, 1.82) is 0 Å². The molecule has 0 aliphatic rings. The summed E-state index contributed by atoms with van der Waals surface area (Å²) in [5, 5.41) is 8.04. The monoisotopic (exact) mass is 285 g/mol. The molecule has 0 aliphatic heterocycles. The first-order chi connectivity index (χ1) is 9.77. The molecule has 0 bridgehead atoms. The Kier molecular flexibility index (Phi) is 4.52. The molecule has 2 rings (SSSR count). The van der Waals surface area contributed by atoms with Crippen molar-refractivity contribution < 1.29 is 0 Å². The first-order valence-electron chi connectivity index (χ1n) is 7.62. The molecule has 1 N–H and O–H groups in total. The molecule has 0 spiro atoms. The number of hydrogen-bond donors (Lipinski definition) is 1. The lowest BCUT2D eigenvalue weighted by Crippen LogP contribution is -2.22. The maximum atomic E-state index is 4.45. The van der Waals surface area contributed by atoms with E-state index in [1.165, 1.54) is 22.3 Å². The number of aryl methyl sites for hydroxylation is 2. The van der Waals surface area contributed by atoms with Crippen molar-refractivity contribution >= 4 is 0 Å². The lowest BCUT2D eigenvalue weighted by Gasteiger charge is -2.19. The highest BCUT2D eigenvalue weighted by atomic mass is 15.3. The smallest absolute Gasteiger partial charge is 0.0543 e. The van der Waals surface area contributed by atoms with Crippen LogP contribution in [-0.2, 0) is 12.1 Å². The maximum absolute atomic E-state index is 4.45. The topological polar surface area (TPSA) is 29.9 Å². The third-order valence-corrected chi connectivity index (χ3v) is 3.84. The fourth-order valence-corrected chi connectivity index (χ4v) is 2.43. The second kappa shape index (κ2) is 6.02. The Labute approximate surface area is 128 Å². The summed E-state index contributed by atoms with van der Waals surface area (Å²) < 4.78 is 2.02. The van der Waals surface area contributed by atoms with Crippen molar-refractivity contribution in [2.75, 3.05) is 0 Å². The molecule has 0 fully saturated rings. The van der Waals surface area contributed by atoms with Gasteiger partial charge in [0.05, 0.1) is 11.7 Å². The Balaban J connectivity index is 2.02. The van der Waals surface area contributed by atoms with E-state index in [0.29, 0.717) is 6.04 Å². The molecule has 114 valence electrons. The predicted molar refractivity (Wildman–Crippen MR) is 88.4 cm³/mol. The van der Waals surface area contributed by atoms with Crippen LogP contribution in [0.4, 0.5) is 0 Å². The minimum absolute atomic E-state index is 0.0387. The SMILES string of the molecule is Cc1ccc(C)c(C(C)NCc2cnn(C(C)(C)C)c2)c1. The normalized spacial score (nSPS) is 13.4.